The number of hydrazine groups is 1. The summed E-state index contributed by atoms with van der Waals surface area (Å²) in [5.41, 5.74) is 2.33. The molecule has 0 amide bonds. The number of carbonyl (C=O) groups is 1. The van der Waals surface area contributed by atoms with E-state index in [1.165, 1.54) is 23.3 Å². The number of para-hydroxylation sites is 1. The lowest BCUT2D eigenvalue weighted by molar-refractivity contribution is -0.110. The molecule has 1 aromatic rings. The van der Waals surface area contributed by atoms with E-state index in [0.29, 0.717) is 17.6 Å². The summed E-state index contributed by atoms with van der Waals surface area (Å²) < 4.78 is 0. The SMILES string of the molecule is CS1=C2C=CN(C3CC3)N(c3ccccc3)C=C2CC1=O. The van der Waals surface area contributed by atoms with Crippen LogP contribution in [0.4, 0.5) is 5.69 Å². The number of hydrogen-bond acceptors (Lipinski definition) is 3. The number of benzene rings is 1. The van der Waals surface area contributed by atoms with Crippen molar-refractivity contribution >= 4 is 26.2 Å². The molecule has 0 bridgehead atoms. The van der Waals surface area contributed by atoms with Gasteiger partial charge in [0.25, 0.3) is 0 Å². The number of allylic oxidation sites excluding steroid dienone is 2. The van der Waals surface area contributed by atoms with E-state index in [9.17, 15) is 4.79 Å². The quantitative estimate of drug-likeness (QED) is 0.783. The normalized spacial score (nSPS) is 25.0. The molecule has 0 spiro atoms. The summed E-state index contributed by atoms with van der Waals surface area (Å²) in [4.78, 5) is 13.2. The molecule has 0 aromatic heterocycles. The minimum atomic E-state index is -0.255. The predicted octanol–water partition coefficient (Wildman–Crippen LogP) is 3.29. The highest BCUT2D eigenvalue weighted by atomic mass is 32.2. The molecule has 4 rings (SSSR count). The number of rotatable bonds is 2. The van der Waals surface area contributed by atoms with Gasteiger partial charge < -0.3 is 0 Å². The van der Waals surface area contributed by atoms with Gasteiger partial charge in [-0.05, 0) is 42.9 Å². The van der Waals surface area contributed by atoms with Crippen LogP contribution < -0.4 is 5.01 Å². The van der Waals surface area contributed by atoms with Crippen molar-refractivity contribution in [3.05, 3.63) is 54.4 Å². The third-order valence-corrected chi connectivity index (χ3v) is 6.06. The van der Waals surface area contributed by atoms with Crippen LogP contribution in [-0.4, -0.2) is 27.3 Å². The molecule has 4 heteroatoms. The van der Waals surface area contributed by atoms with Crippen molar-refractivity contribution in [3.8, 4) is 0 Å². The van der Waals surface area contributed by atoms with Crippen molar-refractivity contribution in [1.82, 2.24) is 5.01 Å². The van der Waals surface area contributed by atoms with Gasteiger partial charge in [-0.3, -0.25) is 14.8 Å². The standard InChI is InChI=1S/C17H18N2OS/c1-21-16-9-10-18(15-7-8-15)19(12-13(16)11-17(21)20)14-5-3-2-4-6-14/h2-6,9-10,12,15H,7-8,11H2,1H3. The van der Waals surface area contributed by atoms with Crippen molar-refractivity contribution in [2.75, 3.05) is 11.3 Å². The first kappa shape index (κ1) is 12.9. The smallest absolute Gasteiger partial charge is 0.188 e. The summed E-state index contributed by atoms with van der Waals surface area (Å²) in [6, 6.07) is 11.0. The number of fused-ring (bicyclic) bond motifs is 1. The van der Waals surface area contributed by atoms with Crippen LogP contribution in [0.25, 0.3) is 0 Å². The van der Waals surface area contributed by atoms with Crippen molar-refractivity contribution in [3.63, 3.8) is 0 Å². The van der Waals surface area contributed by atoms with E-state index in [1.54, 1.807) is 0 Å². The first-order chi connectivity index (χ1) is 10.2. The monoisotopic (exact) mass is 298 g/mol. The lowest BCUT2D eigenvalue weighted by Crippen LogP contribution is -2.36. The molecule has 21 heavy (non-hydrogen) atoms. The summed E-state index contributed by atoms with van der Waals surface area (Å²) >= 11 is 0. The maximum atomic E-state index is 12.0. The van der Waals surface area contributed by atoms with Crippen LogP contribution in [0.15, 0.2) is 54.4 Å². The number of anilines is 1. The Morgan fingerprint density at radius 2 is 1.95 bits per heavy atom. The first-order valence-electron chi connectivity index (χ1n) is 7.31. The highest BCUT2D eigenvalue weighted by molar-refractivity contribution is 8.28. The summed E-state index contributed by atoms with van der Waals surface area (Å²) in [7, 11) is -0.255. The molecule has 0 N–H and O–H groups in total. The lowest BCUT2D eigenvalue weighted by atomic mass is 10.1. The Hall–Kier alpha value is -1.81. The van der Waals surface area contributed by atoms with Gasteiger partial charge in [-0.25, -0.2) is 0 Å². The van der Waals surface area contributed by atoms with Crippen molar-refractivity contribution in [2.45, 2.75) is 25.3 Å². The minimum absolute atomic E-state index is 0.255. The fraction of sp³-hybridized carbons (Fsp3) is 0.294. The third kappa shape index (κ3) is 2.23. The van der Waals surface area contributed by atoms with Gasteiger partial charge >= 0.3 is 0 Å². The molecule has 3 aliphatic rings. The summed E-state index contributed by atoms with van der Waals surface area (Å²) in [5, 5.41) is 4.88. The van der Waals surface area contributed by atoms with E-state index in [-0.39, 0.29) is 10.5 Å². The topological polar surface area (TPSA) is 23.6 Å². The second kappa shape index (κ2) is 4.88. The predicted molar refractivity (Wildman–Crippen MR) is 89.2 cm³/mol. The summed E-state index contributed by atoms with van der Waals surface area (Å²) in [5.74, 6) is 0. The molecule has 1 saturated carbocycles. The zero-order valence-corrected chi connectivity index (χ0v) is 12.8. The van der Waals surface area contributed by atoms with Gasteiger partial charge in [-0.15, -0.1) is 10.5 Å². The molecule has 1 fully saturated rings. The van der Waals surface area contributed by atoms with E-state index in [1.807, 2.05) is 12.3 Å². The Bertz CT molecular complexity index is 686. The molecular formula is C17H18N2OS. The van der Waals surface area contributed by atoms with Gasteiger partial charge in [-0.2, -0.15) is 0 Å². The van der Waals surface area contributed by atoms with E-state index in [4.69, 9.17) is 0 Å². The second-order valence-corrected chi connectivity index (χ2v) is 7.60. The average Bonchev–Trinajstić information content (AvgIpc) is 3.30. The Kier molecular flexibility index (Phi) is 3.00. The van der Waals surface area contributed by atoms with Crippen molar-refractivity contribution in [2.24, 2.45) is 0 Å². The highest BCUT2D eigenvalue weighted by Crippen LogP contribution is 2.37. The average molecular weight is 298 g/mol. The van der Waals surface area contributed by atoms with Crippen LogP contribution in [0.3, 0.4) is 0 Å². The molecule has 0 radical (unpaired) electrons. The Balaban J connectivity index is 1.82. The molecule has 0 saturated heterocycles. The lowest BCUT2D eigenvalue weighted by Gasteiger charge is -2.33. The van der Waals surface area contributed by atoms with Crippen LogP contribution in [-0.2, 0) is 4.79 Å². The van der Waals surface area contributed by atoms with Crippen LogP contribution >= 0.6 is 10.5 Å². The Morgan fingerprint density at radius 1 is 1.19 bits per heavy atom. The second-order valence-electron chi connectivity index (χ2n) is 5.68. The molecule has 1 unspecified atom stereocenters. The molecule has 2 heterocycles. The largest absolute Gasteiger partial charge is 0.287 e. The van der Waals surface area contributed by atoms with E-state index in [2.05, 4.69) is 52.8 Å². The molecule has 108 valence electrons. The molecule has 3 nitrogen and oxygen atoms in total. The number of carbonyl (C=O) groups excluding carboxylic acids is 1. The zero-order valence-electron chi connectivity index (χ0n) is 12.0. The van der Waals surface area contributed by atoms with Gasteiger partial charge in [0, 0.05) is 23.7 Å². The summed E-state index contributed by atoms with van der Waals surface area (Å²) in [6.45, 7) is 0. The van der Waals surface area contributed by atoms with Crippen LogP contribution in [0.2, 0.25) is 0 Å². The van der Waals surface area contributed by atoms with Crippen LogP contribution in [0.5, 0.6) is 0 Å². The zero-order chi connectivity index (χ0) is 14.4. The highest BCUT2D eigenvalue weighted by Gasteiger charge is 2.33. The molecule has 1 aliphatic carbocycles. The van der Waals surface area contributed by atoms with Crippen molar-refractivity contribution in [1.29, 1.82) is 0 Å². The number of nitrogens with zero attached hydrogens (tertiary/aromatic N) is 2. The minimum Gasteiger partial charge on any atom is -0.287 e. The van der Waals surface area contributed by atoms with Gasteiger partial charge in [0.05, 0.1) is 11.7 Å². The maximum Gasteiger partial charge on any atom is 0.188 e. The van der Waals surface area contributed by atoms with Gasteiger partial charge in [0.15, 0.2) is 5.12 Å². The Morgan fingerprint density at radius 3 is 2.67 bits per heavy atom. The van der Waals surface area contributed by atoms with Gasteiger partial charge in [0.1, 0.15) is 0 Å². The van der Waals surface area contributed by atoms with Gasteiger partial charge in [0.2, 0.25) is 0 Å². The Labute approximate surface area is 127 Å². The van der Waals surface area contributed by atoms with Gasteiger partial charge in [-0.1, -0.05) is 18.2 Å². The van der Waals surface area contributed by atoms with Crippen LogP contribution in [0, 0.1) is 0 Å². The van der Waals surface area contributed by atoms with E-state index < -0.39 is 0 Å². The molecule has 1 aromatic carbocycles. The fourth-order valence-electron chi connectivity index (χ4n) is 2.84. The first-order valence-corrected chi connectivity index (χ1v) is 8.95. The summed E-state index contributed by atoms with van der Waals surface area (Å²) in [6.07, 6.45) is 11.6. The maximum absolute atomic E-state index is 12.0. The fourth-order valence-corrected chi connectivity index (χ4v) is 4.24. The molecular weight excluding hydrogens is 280 g/mol. The van der Waals surface area contributed by atoms with Crippen molar-refractivity contribution < 1.29 is 4.79 Å². The van der Waals surface area contributed by atoms with E-state index >= 15 is 0 Å². The molecule has 1 atom stereocenters. The van der Waals surface area contributed by atoms with Crippen LogP contribution in [0.1, 0.15) is 19.3 Å². The number of hydrogen-bond donors (Lipinski definition) is 0. The van der Waals surface area contributed by atoms with E-state index in [0.717, 1.165) is 5.69 Å². The molecule has 2 aliphatic heterocycles. The third-order valence-electron chi connectivity index (χ3n) is 4.17.